The monoisotopic (exact) mass is 536 g/mol. The number of guanidine groups is 1. The van der Waals surface area contributed by atoms with Gasteiger partial charge < -0.3 is 10.6 Å². The van der Waals surface area contributed by atoms with Gasteiger partial charge in [-0.3, -0.25) is 4.57 Å². The molecule has 0 bridgehead atoms. The van der Waals surface area contributed by atoms with Crippen LogP contribution in [0.2, 0.25) is 5.02 Å². The molecule has 8 heteroatoms. The van der Waals surface area contributed by atoms with E-state index in [4.69, 9.17) is 16.6 Å². The molecule has 0 amide bonds. The van der Waals surface area contributed by atoms with E-state index < -0.39 is 0 Å². The van der Waals surface area contributed by atoms with E-state index in [-0.39, 0.29) is 29.4 Å². The maximum absolute atomic E-state index is 6.19. The predicted molar refractivity (Wildman–Crippen MR) is 132 cm³/mol. The number of rotatable bonds is 7. The van der Waals surface area contributed by atoms with Crippen molar-refractivity contribution in [1.29, 1.82) is 0 Å². The highest BCUT2D eigenvalue weighted by Gasteiger charge is 2.44. The Morgan fingerprint density at radius 2 is 1.93 bits per heavy atom. The number of nitrogens with one attached hydrogen (secondary N) is 2. The Bertz CT molecular complexity index is 984. The molecular weight excluding hydrogens is 511 g/mol. The van der Waals surface area contributed by atoms with Crippen molar-refractivity contribution in [3.05, 3.63) is 77.3 Å². The Labute approximate surface area is 199 Å². The van der Waals surface area contributed by atoms with Crippen molar-refractivity contribution < 1.29 is 0 Å². The van der Waals surface area contributed by atoms with Crippen molar-refractivity contribution in [1.82, 2.24) is 25.4 Å². The van der Waals surface area contributed by atoms with Crippen LogP contribution in [0.4, 0.5) is 0 Å². The zero-order valence-electron chi connectivity index (χ0n) is 16.9. The van der Waals surface area contributed by atoms with Crippen molar-refractivity contribution >= 4 is 41.5 Å². The molecule has 2 N–H and O–H groups in total. The van der Waals surface area contributed by atoms with Crippen LogP contribution in [0.15, 0.2) is 65.9 Å². The van der Waals surface area contributed by atoms with Gasteiger partial charge in [0.1, 0.15) is 12.9 Å². The number of aliphatic imine (C=N–C) groups is 1. The van der Waals surface area contributed by atoms with E-state index >= 15 is 0 Å². The molecule has 0 unspecified atom stereocenters. The van der Waals surface area contributed by atoms with E-state index in [2.05, 4.69) is 39.9 Å². The summed E-state index contributed by atoms with van der Waals surface area (Å²) >= 11 is 6.19. The number of benzene rings is 2. The fourth-order valence-electron chi connectivity index (χ4n) is 3.45. The molecule has 0 spiro atoms. The Hall–Kier alpha value is -2.13. The SMILES string of the molecule is CCNC(=NCc1nncn1-c1ccccc1)NCC1(c2cccc(Cl)c2)CC1.I. The third kappa shape index (κ3) is 5.31. The minimum absolute atomic E-state index is 0. The van der Waals surface area contributed by atoms with Crippen LogP contribution < -0.4 is 10.6 Å². The lowest BCUT2D eigenvalue weighted by atomic mass is 9.96. The molecule has 158 valence electrons. The second kappa shape index (κ2) is 10.3. The smallest absolute Gasteiger partial charge is 0.191 e. The summed E-state index contributed by atoms with van der Waals surface area (Å²) in [5.41, 5.74) is 2.46. The van der Waals surface area contributed by atoms with Crippen LogP contribution in [0.25, 0.3) is 5.69 Å². The van der Waals surface area contributed by atoms with Crippen LogP contribution in [-0.4, -0.2) is 33.8 Å². The number of hydrogen-bond donors (Lipinski definition) is 2. The Morgan fingerprint density at radius 3 is 2.63 bits per heavy atom. The maximum atomic E-state index is 6.19. The summed E-state index contributed by atoms with van der Waals surface area (Å²) in [4.78, 5) is 4.73. The first kappa shape index (κ1) is 22.6. The van der Waals surface area contributed by atoms with E-state index in [1.54, 1.807) is 6.33 Å². The van der Waals surface area contributed by atoms with Gasteiger partial charge in [0.25, 0.3) is 0 Å². The molecule has 1 saturated carbocycles. The second-order valence-electron chi connectivity index (χ2n) is 7.29. The third-order valence-electron chi connectivity index (χ3n) is 5.26. The summed E-state index contributed by atoms with van der Waals surface area (Å²) in [6, 6.07) is 18.2. The number of halogens is 2. The predicted octanol–water partition coefficient (Wildman–Crippen LogP) is 4.33. The lowest BCUT2D eigenvalue weighted by Crippen LogP contribution is -2.41. The molecule has 0 saturated heterocycles. The highest BCUT2D eigenvalue weighted by molar-refractivity contribution is 14.0. The van der Waals surface area contributed by atoms with Gasteiger partial charge in [0, 0.05) is 29.2 Å². The molecule has 1 aliphatic rings. The highest BCUT2D eigenvalue weighted by Crippen LogP contribution is 2.48. The van der Waals surface area contributed by atoms with E-state index in [0.717, 1.165) is 48.4 Å². The molecule has 1 fully saturated rings. The Balaban J connectivity index is 0.00000256. The first-order valence-electron chi connectivity index (χ1n) is 9.93. The van der Waals surface area contributed by atoms with E-state index in [9.17, 15) is 0 Å². The maximum Gasteiger partial charge on any atom is 0.191 e. The Kier molecular flexibility index (Phi) is 7.71. The van der Waals surface area contributed by atoms with Gasteiger partial charge in [-0.25, -0.2) is 4.99 Å². The topological polar surface area (TPSA) is 67.1 Å². The molecule has 2 aromatic carbocycles. The van der Waals surface area contributed by atoms with E-state index in [1.165, 1.54) is 5.56 Å². The minimum atomic E-state index is 0. The fourth-order valence-corrected chi connectivity index (χ4v) is 3.64. The van der Waals surface area contributed by atoms with Gasteiger partial charge in [-0.15, -0.1) is 34.2 Å². The highest BCUT2D eigenvalue weighted by atomic mass is 127. The molecular formula is C22H26ClIN6. The van der Waals surface area contributed by atoms with Crippen LogP contribution in [0.5, 0.6) is 0 Å². The van der Waals surface area contributed by atoms with Crippen molar-refractivity contribution in [3.63, 3.8) is 0 Å². The standard InChI is InChI=1S/C22H25ClN6.HI/c1-2-24-21(26-15-22(11-12-22)17-7-6-8-18(23)13-17)25-14-20-28-27-16-29(20)19-9-4-3-5-10-19;/h3-10,13,16H,2,11-12,14-15H2,1H3,(H2,24,25,26);1H. The van der Waals surface area contributed by atoms with Crippen LogP contribution >= 0.6 is 35.6 Å². The van der Waals surface area contributed by atoms with Crippen LogP contribution in [0.3, 0.4) is 0 Å². The summed E-state index contributed by atoms with van der Waals surface area (Å²) in [6.07, 6.45) is 4.03. The van der Waals surface area contributed by atoms with E-state index in [0.29, 0.717) is 6.54 Å². The average Bonchev–Trinajstić information content (AvgIpc) is 3.40. The van der Waals surface area contributed by atoms with Crippen molar-refractivity contribution in [2.75, 3.05) is 13.1 Å². The van der Waals surface area contributed by atoms with Crippen LogP contribution in [0.1, 0.15) is 31.2 Å². The number of hydrogen-bond acceptors (Lipinski definition) is 3. The molecule has 1 heterocycles. The van der Waals surface area contributed by atoms with Gasteiger partial charge in [-0.05, 0) is 49.6 Å². The third-order valence-corrected chi connectivity index (χ3v) is 5.50. The molecule has 0 aliphatic heterocycles. The lowest BCUT2D eigenvalue weighted by Gasteiger charge is -2.19. The largest absolute Gasteiger partial charge is 0.357 e. The van der Waals surface area contributed by atoms with Gasteiger partial charge in [0.15, 0.2) is 11.8 Å². The number of para-hydroxylation sites is 1. The molecule has 1 aliphatic carbocycles. The zero-order chi connectivity index (χ0) is 20.1. The Morgan fingerprint density at radius 1 is 1.13 bits per heavy atom. The lowest BCUT2D eigenvalue weighted by molar-refractivity contribution is 0.645. The first-order valence-corrected chi connectivity index (χ1v) is 10.3. The number of aromatic nitrogens is 3. The molecule has 4 rings (SSSR count). The fraction of sp³-hybridized carbons (Fsp3) is 0.318. The molecule has 0 radical (unpaired) electrons. The average molecular weight is 537 g/mol. The summed E-state index contributed by atoms with van der Waals surface area (Å²) in [5, 5.41) is 15.9. The van der Waals surface area contributed by atoms with Gasteiger partial charge in [0.05, 0.1) is 0 Å². The van der Waals surface area contributed by atoms with Crippen molar-refractivity contribution in [3.8, 4) is 5.69 Å². The van der Waals surface area contributed by atoms with Gasteiger partial charge >= 0.3 is 0 Å². The molecule has 3 aromatic rings. The molecule has 0 atom stereocenters. The van der Waals surface area contributed by atoms with Gasteiger partial charge in [-0.2, -0.15) is 0 Å². The van der Waals surface area contributed by atoms with E-state index in [1.807, 2.05) is 47.0 Å². The van der Waals surface area contributed by atoms with Crippen molar-refractivity contribution in [2.45, 2.75) is 31.7 Å². The number of nitrogens with zero attached hydrogens (tertiary/aromatic N) is 4. The summed E-state index contributed by atoms with van der Waals surface area (Å²) in [6.45, 7) is 4.12. The summed E-state index contributed by atoms with van der Waals surface area (Å²) in [5.74, 6) is 1.58. The van der Waals surface area contributed by atoms with Crippen LogP contribution in [-0.2, 0) is 12.0 Å². The first-order chi connectivity index (χ1) is 14.2. The summed E-state index contributed by atoms with van der Waals surface area (Å²) < 4.78 is 1.96. The van der Waals surface area contributed by atoms with Crippen molar-refractivity contribution in [2.24, 2.45) is 4.99 Å². The molecule has 1 aromatic heterocycles. The summed E-state index contributed by atoms with van der Waals surface area (Å²) in [7, 11) is 0. The van der Waals surface area contributed by atoms with Gasteiger partial charge in [0.2, 0.25) is 0 Å². The minimum Gasteiger partial charge on any atom is -0.357 e. The normalized spacial score (nSPS) is 14.7. The molecule has 6 nitrogen and oxygen atoms in total. The van der Waals surface area contributed by atoms with Gasteiger partial charge in [-0.1, -0.05) is 41.9 Å². The van der Waals surface area contributed by atoms with Crippen LogP contribution in [0, 0.1) is 0 Å². The second-order valence-corrected chi connectivity index (χ2v) is 7.73. The quantitative estimate of drug-likeness (QED) is 0.268. The molecule has 30 heavy (non-hydrogen) atoms. The zero-order valence-corrected chi connectivity index (χ0v) is 20.0.